The number of hydrogen-bond acceptors (Lipinski definition) is 7. The molecule has 2 amide bonds. The van der Waals surface area contributed by atoms with Crippen molar-refractivity contribution in [2.45, 2.75) is 31.2 Å². The van der Waals surface area contributed by atoms with Crippen molar-refractivity contribution in [3.05, 3.63) is 41.6 Å². The largest absolute Gasteiger partial charge is 0.573 e. The molecule has 2 aliphatic heterocycles. The fraction of sp³-hybridized carbons (Fsp3) is 0.591. The van der Waals surface area contributed by atoms with Crippen LogP contribution in [-0.4, -0.2) is 90.8 Å². The first-order valence-electron chi connectivity index (χ1n) is 11.1. The van der Waals surface area contributed by atoms with Crippen LogP contribution in [0.15, 0.2) is 28.7 Å². The highest BCUT2D eigenvalue weighted by Gasteiger charge is 2.37. The van der Waals surface area contributed by atoms with E-state index in [9.17, 15) is 18.0 Å². The van der Waals surface area contributed by atoms with Crippen molar-refractivity contribution in [3.63, 3.8) is 0 Å². The smallest absolute Gasteiger partial charge is 0.424 e. The summed E-state index contributed by atoms with van der Waals surface area (Å²) in [5.41, 5.74) is 0.812. The molecule has 2 fully saturated rings. The molecule has 0 aliphatic carbocycles. The highest BCUT2D eigenvalue weighted by atomic mass is 19.4. The lowest BCUT2D eigenvalue weighted by Gasteiger charge is -2.40. The number of piperidine rings is 1. The van der Waals surface area contributed by atoms with Crippen LogP contribution >= 0.6 is 0 Å². The van der Waals surface area contributed by atoms with E-state index < -0.39 is 6.36 Å². The van der Waals surface area contributed by atoms with Gasteiger partial charge in [0.25, 0.3) is 0 Å². The van der Waals surface area contributed by atoms with Gasteiger partial charge in [0, 0.05) is 32.1 Å². The SMILES string of the molecule is CN(C)Cc1nnc(C2CC(c3ccc(OC(F)(F)F)cc3)CN(C(=O)N3CCOCC3)C2)o1. The summed E-state index contributed by atoms with van der Waals surface area (Å²) in [5, 5.41) is 8.34. The zero-order valence-electron chi connectivity index (χ0n) is 19.1. The molecule has 0 bridgehead atoms. The van der Waals surface area contributed by atoms with Gasteiger partial charge in [-0.15, -0.1) is 23.4 Å². The number of likely N-dealkylation sites (tertiary alicyclic amines) is 1. The molecule has 1 aromatic heterocycles. The Balaban J connectivity index is 1.55. The Morgan fingerprint density at radius 1 is 1.09 bits per heavy atom. The Morgan fingerprint density at radius 3 is 2.41 bits per heavy atom. The van der Waals surface area contributed by atoms with Gasteiger partial charge >= 0.3 is 12.4 Å². The fourth-order valence-corrected chi connectivity index (χ4v) is 4.34. The van der Waals surface area contributed by atoms with Gasteiger partial charge in [-0.25, -0.2) is 4.79 Å². The minimum Gasteiger partial charge on any atom is -0.424 e. The van der Waals surface area contributed by atoms with Crippen LogP contribution in [0.2, 0.25) is 0 Å². The summed E-state index contributed by atoms with van der Waals surface area (Å²) in [7, 11) is 3.80. The second-order valence-electron chi connectivity index (χ2n) is 8.81. The second kappa shape index (κ2) is 10.2. The molecular formula is C22H28F3N5O4. The van der Waals surface area contributed by atoms with E-state index in [1.54, 1.807) is 21.9 Å². The van der Waals surface area contributed by atoms with Gasteiger partial charge in [0.05, 0.1) is 25.7 Å². The summed E-state index contributed by atoms with van der Waals surface area (Å²) in [6.45, 7) is 3.37. The van der Waals surface area contributed by atoms with Gasteiger partial charge in [-0.3, -0.25) is 0 Å². The Hall–Kier alpha value is -2.86. The molecule has 2 unspecified atom stereocenters. The predicted molar refractivity (Wildman–Crippen MR) is 114 cm³/mol. The van der Waals surface area contributed by atoms with Crippen molar-refractivity contribution < 1.29 is 31.9 Å². The van der Waals surface area contributed by atoms with Crippen LogP contribution in [0.4, 0.5) is 18.0 Å². The number of carbonyl (C=O) groups is 1. The molecule has 0 N–H and O–H groups in total. The van der Waals surface area contributed by atoms with E-state index in [2.05, 4.69) is 14.9 Å². The van der Waals surface area contributed by atoms with Crippen LogP contribution in [0.1, 0.15) is 35.6 Å². The van der Waals surface area contributed by atoms with Crippen molar-refractivity contribution in [2.24, 2.45) is 0 Å². The van der Waals surface area contributed by atoms with Gasteiger partial charge in [0.1, 0.15) is 5.75 Å². The Labute approximate surface area is 195 Å². The molecule has 0 radical (unpaired) electrons. The van der Waals surface area contributed by atoms with E-state index >= 15 is 0 Å². The van der Waals surface area contributed by atoms with Crippen molar-refractivity contribution in [2.75, 3.05) is 53.5 Å². The quantitative estimate of drug-likeness (QED) is 0.646. The lowest BCUT2D eigenvalue weighted by atomic mass is 9.84. The number of ether oxygens (including phenoxy) is 2. The van der Waals surface area contributed by atoms with Crippen molar-refractivity contribution >= 4 is 6.03 Å². The summed E-state index contributed by atoms with van der Waals surface area (Å²) in [6, 6.07) is 5.71. The van der Waals surface area contributed by atoms with E-state index in [1.807, 2.05) is 19.0 Å². The third-order valence-electron chi connectivity index (χ3n) is 5.87. The van der Waals surface area contributed by atoms with Gasteiger partial charge in [-0.05, 0) is 38.2 Å². The number of benzene rings is 1. The number of halogens is 3. The topological polar surface area (TPSA) is 84.2 Å². The maximum absolute atomic E-state index is 13.2. The predicted octanol–water partition coefficient (Wildman–Crippen LogP) is 3.06. The Kier molecular flexibility index (Phi) is 7.27. The minimum atomic E-state index is -4.75. The third kappa shape index (κ3) is 6.17. The molecule has 0 saturated carbocycles. The molecule has 9 nitrogen and oxygen atoms in total. The molecule has 186 valence electrons. The molecule has 2 saturated heterocycles. The molecule has 2 atom stereocenters. The van der Waals surface area contributed by atoms with Gasteiger partial charge < -0.3 is 28.6 Å². The van der Waals surface area contributed by atoms with E-state index in [0.717, 1.165) is 5.56 Å². The molecule has 2 aromatic rings. The van der Waals surface area contributed by atoms with Crippen LogP contribution in [0.5, 0.6) is 5.75 Å². The lowest BCUT2D eigenvalue weighted by Crippen LogP contribution is -2.52. The first-order valence-corrected chi connectivity index (χ1v) is 11.1. The van der Waals surface area contributed by atoms with Crippen molar-refractivity contribution in [3.8, 4) is 5.75 Å². The number of rotatable bonds is 5. The number of amides is 2. The molecular weight excluding hydrogens is 455 g/mol. The zero-order chi connectivity index (χ0) is 24.3. The van der Waals surface area contributed by atoms with Gasteiger partial charge in [-0.2, -0.15) is 0 Å². The summed E-state index contributed by atoms with van der Waals surface area (Å²) in [6.07, 6.45) is -4.13. The highest BCUT2D eigenvalue weighted by molar-refractivity contribution is 5.75. The maximum atomic E-state index is 13.2. The standard InChI is InChI=1S/C22H28F3N5O4/c1-28(2)14-19-26-27-20(33-19)17-11-16(15-3-5-18(6-4-15)34-22(23,24)25)12-30(13-17)21(31)29-7-9-32-10-8-29/h3-6,16-17H,7-14H2,1-2H3. The summed E-state index contributed by atoms with van der Waals surface area (Å²) in [4.78, 5) is 18.7. The Bertz CT molecular complexity index is 960. The summed E-state index contributed by atoms with van der Waals surface area (Å²) >= 11 is 0. The number of alkyl halides is 3. The van der Waals surface area contributed by atoms with Crippen molar-refractivity contribution in [1.82, 2.24) is 24.9 Å². The monoisotopic (exact) mass is 483 g/mol. The molecule has 0 spiro atoms. The van der Waals surface area contributed by atoms with Crippen LogP contribution in [0.3, 0.4) is 0 Å². The van der Waals surface area contributed by atoms with Gasteiger partial charge in [0.2, 0.25) is 11.8 Å². The van der Waals surface area contributed by atoms with Crippen LogP contribution in [0.25, 0.3) is 0 Å². The van der Waals surface area contributed by atoms with Gasteiger partial charge in [-0.1, -0.05) is 12.1 Å². The number of carbonyl (C=O) groups excluding carboxylic acids is 1. The first kappa shape index (κ1) is 24.3. The molecule has 3 heterocycles. The fourth-order valence-electron chi connectivity index (χ4n) is 4.34. The molecule has 1 aromatic carbocycles. The molecule has 34 heavy (non-hydrogen) atoms. The first-order chi connectivity index (χ1) is 16.2. The normalized spacial score (nSPS) is 21.7. The zero-order valence-corrected chi connectivity index (χ0v) is 19.1. The third-order valence-corrected chi connectivity index (χ3v) is 5.87. The molecule has 4 rings (SSSR count). The van der Waals surface area contributed by atoms with Gasteiger partial charge in [0.15, 0.2) is 0 Å². The number of aromatic nitrogens is 2. The number of nitrogens with zero attached hydrogens (tertiary/aromatic N) is 5. The van der Waals surface area contributed by atoms with Crippen LogP contribution in [-0.2, 0) is 11.3 Å². The van der Waals surface area contributed by atoms with Crippen LogP contribution in [0, 0.1) is 0 Å². The van der Waals surface area contributed by atoms with Crippen LogP contribution < -0.4 is 4.74 Å². The highest BCUT2D eigenvalue weighted by Crippen LogP contribution is 2.37. The Morgan fingerprint density at radius 2 is 1.76 bits per heavy atom. The number of hydrogen-bond donors (Lipinski definition) is 0. The number of morpholine rings is 1. The average Bonchev–Trinajstić information content (AvgIpc) is 3.26. The summed E-state index contributed by atoms with van der Waals surface area (Å²) in [5.74, 6) is 0.349. The van der Waals surface area contributed by atoms with Crippen molar-refractivity contribution in [1.29, 1.82) is 0 Å². The lowest BCUT2D eigenvalue weighted by molar-refractivity contribution is -0.274. The number of urea groups is 1. The second-order valence-corrected chi connectivity index (χ2v) is 8.81. The summed E-state index contributed by atoms with van der Waals surface area (Å²) < 4.78 is 52.8. The van der Waals surface area contributed by atoms with E-state index in [-0.39, 0.29) is 23.6 Å². The van der Waals surface area contributed by atoms with E-state index in [1.165, 1.54) is 12.1 Å². The average molecular weight is 483 g/mol. The minimum absolute atomic E-state index is 0.0944. The maximum Gasteiger partial charge on any atom is 0.573 e. The van der Waals surface area contributed by atoms with E-state index in [4.69, 9.17) is 9.15 Å². The molecule has 2 aliphatic rings. The van der Waals surface area contributed by atoms with E-state index in [0.29, 0.717) is 64.1 Å². The molecule has 12 heteroatoms.